The first-order valence-corrected chi connectivity index (χ1v) is 4.26. The molecule has 1 rings (SSSR count). The minimum atomic E-state index is -4.01. The van der Waals surface area contributed by atoms with Gasteiger partial charge in [-0.15, -0.1) is 0 Å². The van der Waals surface area contributed by atoms with Crippen LogP contribution in [-0.2, 0) is 10.0 Å². The summed E-state index contributed by atoms with van der Waals surface area (Å²) < 4.78 is 36.3. The molecule has 4 N–H and O–H groups in total. The maximum absolute atomic E-state index is 10.9. The zero-order valence-electron chi connectivity index (χ0n) is 7.53. The largest absolute Gasteiger partial charge is 0.399 e. The maximum atomic E-state index is 10.9. The molecule has 11 heavy (non-hydrogen) atoms. The van der Waals surface area contributed by atoms with E-state index in [-0.39, 0.29) is 17.8 Å². The van der Waals surface area contributed by atoms with E-state index in [2.05, 4.69) is 0 Å². The third-order valence-corrected chi connectivity index (χ3v) is 1.83. The first kappa shape index (κ1) is 5.56. The number of rotatable bonds is 1. The number of nitrogen functional groups attached to an aromatic ring is 1. The molecule has 0 unspecified atom stereocenters. The van der Waals surface area contributed by atoms with E-state index in [1.54, 1.807) is 0 Å². The summed E-state index contributed by atoms with van der Waals surface area (Å²) in [4.78, 5) is -0.498. The van der Waals surface area contributed by atoms with Gasteiger partial charge in [-0.25, -0.2) is 13.6 Å². The van der Waals surface area contributed by atoms with Crippen molar-refractivity contribution in [2.45, 2.75) is 4.90 Å². The van der Waals surface area contributed by atoms with Crippen molar-refractivity contribution in [2.24, 2.45) is 5.14 Å². The fourth-order valence-corrected chi connectivity index (χ4v) is 0.992. The summed E-state index contributed by atoms with van der Waals surface area (Å²) in [7, 11) is -4.01. The van der Waals surface area contributed by atoms with Crippen molar-refractivity contribution in [3.63, 3.8) is 0 Å². The van der Waals surface area contributed by atoms with Gasteiger partial charge in [0.2, 0.25) is 10.0 Å². The van der Waals surface area contributed by atoms with Gasteiger partial charge in [-0.2, -0.15) is 0 Å². The highest BCUT2D eigenvalue weighted by Crippen LogP contribution is 2.08. The lowest BCUT2D eigenvalue weighted by atomic mass is 10.3. The molecule has 0 bridgehead atoms. The van der Waals surface area contributed by atoms with Crippen LogP contribution in [0.1, 0.15) is 2.74 Å². The van der Waals surface area contributed by atoms with Crippen LogP contribution in [0.5, 0.6) is 0 Å². The first-order valence-electron chi connectivity index (χ1n) is 3.72. The summed E-state index contributed by atoms with van der Waals surface area (Å²) in [5.74, 6) is 0. The maximum Gasteiger partial charge on any atom is 0.238 e. The summed E-state index contributed by atoms with van der Waals surface area (Å²) in [6, 6.07) is 1.57. The van der Waals surface area contributed by atoms with Crippen LogP contribution in [0.4, 0.5) is 5.69 Å². The second-order valence-electron chi connectivity index (χ2n) is 1.95. The molecule has 0 saturated carbocycles. The van der Waals surface area contributed by atoms with Gasteiger partial charge >= 0.3 is 0 Å². The van der Waals surface area contributed by atoms with Crippen LogP contribution in [0, 0.1) is 0 Å². The van der Waals surface area contributed by atoms with Gasteiger partial charge < -0.3 is 5.73 Å². The SMILES string of the molecule is [2H]c1cc(N)cc([2H])c1S(N)(=O)=O. The lowest BCUT2D eigenvalue weighted by Crippen LogP contribution is -2.11. The highest BCUT2D eigenvalue weighted by molar-refractivity contribution is 7.89. The molecule has 1 aromatic rings. The van der Waals surface area contributed by atoms with Gasteiger partial charge in [-0.3, -0.25) is 0 Å². The molecule has 0 radical (unpaired) electrons. The molecule has 0 amide bonds. The Balaban J connectivity index is 3.57. The molecule has 0 aromatic heterocycles. The van der Waals surface area contributed by atoms with Crippen molar-refractivity contribution in [3.05, 3.63) is 24.2 Å². The Kier molecular flexibility index (Phi) is 1.27. The zero-order chi connectivity index (χ0) is 10.2. The molecule has 0 spiro atoms. The smallest absolute Gasteiger partial charge is 0.238 e. The molecule has 0 saturated heterocycles. The number of hydrogen-bond donors (Lipinski definition) is 2. The summed E-state index contributed by atoms with van der Waals surface area (Å²) in [6.45, 7) is 0. The van der Waals surface area contributed by atoms with E-state index in [1.807, 2.05) is 0 Å². The van der Waals surface area contributed by atoms with Gasteiger partial charge in [0.25, 0.3) is 0 Å². The minimum Gasteiger partial charge on any atom is -0.399 e. The number of anilines is 1. The zero-order valence-corrected chi connectivity index (χ0v) is 6.35. The predicted molar refractivity (Wildman–Crippen MR) is 42.2 cm³/mol. The predicted octanol–water partition coefficient (Wildman–Crippen LogP) is -0.0838. The molecule has 60 valence electrons. The van der Waals surface area contributed by atoms with E-state index in [4.69, 9.17) is 13.6 Å². The molecular formula is C6H8N2O2S. The standard InChI is InChI=1S/C6H8N2O2S/c7-5-1-3-6(4-2-5)11(8,9)10/h1-4H,7H2,(H2,8,9,10)/i3D,4D. The molecule has 1 aromatic carbocycles. The Morgan fingerprint density at radius 2 is 1.82 bits per heavy atom. The lowest BCUT2D eigenvalue weighted by Gasteiger charge is -1.96. The van der Waals surface area contributed by atoms with Crippen LogP contribution < -0.4 is 10.9 Å². The van der Waals surface area contributed by atoms with Gasteiger partial charge in [-0.05, 0) is 24.2 Å². The van der Waals surface area contributed by atoms with Crippen molar-refractivity contribution in [2.75, 3.05) is 5.73 Å². The lowest BCUT2D eigenvalue weighted by molar-refractivity contribution is 0.598. The van der Waals surface area contributed by atoms with Crippen molar-refractivity contribution >= 4 is 15.7 Å². The number of sulfonamides is 1. The second-order valence-corrected chi connectivity index (χ2v) is 3.45. The molecule has 0 fully saturated rings. The molecule has 0 atom stereocenters. The summed E-state index contributed by atoms with van der Waals surface area (Å²) in [6.07, 6.45) is 0. The van der Waals surface area contributed by atoms with E-state index in [1.165, 1.54) is 0 Å². The fraction of sp³-hybridized carbons (Fsp3) is 0. The quantitative estimate of drug-likeness (QED) is 0.584. The highest BCUT2D eigenvalue weighted by atomic mass is 32.2. The van der Waals surface area contributed by atoms with Gasteiger partial charge in [0, 0.05) is 5.69 Å². The molecule has 5 heteroatoms. The molecule has 0 aliphatic heterocycles. The minimum absolute atomic E-state index is 0.169. The molecule has 0 aliphatic carbocycles. The Hall–Kier alpha value is -1.07. The molecular weight excluding hydrogens is 164 g/mol. The monoisotopic (exact) mass is 174 g/mol. The third-order valence-electron chi connectivity index (χ3n) is 1.02. The number of benzene rings is 1. The van der Waals surface area contributed by atoms with Crippen molar-refractivity contribution in [1.82, 2.24) is 0 Å². The topological polar surface area (TPSA) is 86.2 Å². The van der Waals surface area contributed by atoms with Gasteiger partial charge in [-0.1, -0.05) is 0 Å². The van der Waals surface area contributed by atoms with E-state index in [9.17, 15) is 8.42 Å². The van der Waals surface area contributed by atoms with E-state index < -0.39 is 14.9 Å². The van der Waals surface area contributed by atoms with Crippen LogP contribution in [0.2, 0.25) is 0 Å². The third kappa shape index (κ3) is 1.92. The Morgan fingerprint density at radius 1 is 1.36 bits per heavy atom. The molecule has 4 nitrogen and oxygen atoms in total. The van der Waals surface area contributed by atoms with Crippen LogP contribution in [0.15, 0.2) is 29.1 Å². The number of nitrogens with two attached hydrogens (primary N) is 2. The van der Waals surface area contributed by atoms with E-state index >= 15 is 0 Å². The Bertz CT molecular complexity index is 421. The van der Waals surface area contributed by atoms with Crippen molar-refractivity contribution in [3.8, 4) is 0 Å². The summed E-state index contributed by atoms with van der Waals surface area (Å²) in [5.41, 5.74) is 5.46. The molecule has 0 aliphatic rings. The van der Waals surface area contributed by atoms with Crippen LogP contribution >= 0.6 is 0 Å². The van der Waals surface area contributed by atoms with Crippen LogP contribution in [0.25, 0.3) is 0 Å². The fourth-order valence-electron chi connectivity index (χ4n) is 0.545. The highest BCUT2D eigenvalue weighted by Gasteiger charge is 2.04. The van der Waals surface area contributed by atoms with Gasteiger partial charge in [0.1, 0.15) is 0 Å². The summed E-state index contributed by atoms with van der Waals surface area (Å²) >= 11 is 0. The number of hydrogen-bond acceptors (Lipinski definition) is 3. The normalized spacial score (nSPS) is 13.9. The average Bonchev–Trinajstić information content (AvgIpc) is 1.78. The van der Waals surface area contributed by atoms with Gasteiger partial charge in [0.15, 0.2) is 0 Å². The van der Waals surface area contributed by atoms with E-state index in [0.29, 0.717) is 0 Å². The van der Waals surface area contributed by atoms with E-state index in [0.717, 1.165) is 12.1 Å². The Morgan fingerprint density at radius 3 is 2.18 bits per heavy atom. The van der Waals surface area contributed by atoms with Crippen molar-refractivity contribution in [1.29, 1.82) is 0 Å². The molecule has 0 heterocycles. The number of primary sulfonamides is 1. The van der Waals surface area contributed by atoms with Crippen LogP contribution in [-0.4, -0.2) is 8.42 Å². The van der Waals surface area contributed by atoms with Crippen LogP contribution in [0.3, 0.4) is 0 Å². The summed E-state index contributed by atoms with van der Waals surface area (Å²) in [5, 5.41) is 4.80. The Labute approximate surface area is 67.7 Å². The average molecular weight is 174 g/mol. The second kappa shape index (κ2) is 2.52. The first-order chi connectivity index (χ1) is 5.82. The van der Waals surface area contributed by atoms with Gasteiger partial charge in [0.05, 0.1) is 7.64 Å². The van der Waals surface area contributed by atoms with Crippen molar-refractivity contribution < 1.29 is 11.2 Å².